The maximum atomic E-state index is 12.2. The van der Waals surface area contributed by atoms with Crippen LogP contribution in [-0.4, -0.2) is 48.4 Å². The minimum absolute atomic E-state index is 0.0503. The molecule has 2 amide bonds. The molecule has 0 saturated carbocycles. The molecule has 1 aliphatic rings. The van der Waals surface area contributed by atoms with E-state index in [1.165, 1.54) is 5.56 Å². The van der Waals surface area contributed by atoms with Crippen molar-refractivity contribution < 1.29 is 14.6 Å². The Morgan fingerprint density at radius 3 is 2.86 bits per heavy atom. The van der Waals surface area contributed by atoms with Gasteiger partial charge in [-0.05, 0) is 44.7 Å². The summed E-state index contributed by atoms with van der Waals surface area (Å²) in [6, 6.07) is 7.97. The van der Waals surface area contributed by atoms with Crippen molar-refractivity contribution in [2.75, 3.05) is 26.3 Å². The molecule has 1 fully saturated rings. The van der Waals surface area contributed by atoms with E-state index in [0.717, 1.165) is 31.6 Å². The number of ether oxygens (including phenoxy) is 1. The predicted octanol–water partition coefficient (Wildman–Crippen LogP) is 2.32. The van der Waals surface area contributed by atoms with Gasteiger partial charge in [-0.3, -0.25) is 0 Å². The van der Waals surface area contributed by atoms with Crippen LogP contribution >= 0.6 is 0 Å². The predicted molar refractivity (Wildman–Crippen MR) is 86.1 cm³/mol. The van der Waals surface area contributed by atoms with Gasteiger partial charge in [-0.25, -0.2) is 4.79 Å². The molecule has 122 valence electrons. The zero-order chi connectivity index (χ0) is 15.8. The van der Waals surface area contributed by atoms with Crippen molar-refractivity contribution in [2.45, 2.75) is 38.6 Å². The summed E-state index contributed by atoms with van der Waals surface area (Å²) in [5.41, 5.74) is 1.20. The molecule has 1 aliphatic heterocycles. The van der Waals surface area contributed by atoms with Gasteiger partial charge in [-0.1, -0.05) is 17.7 Å². The molecular formula is C17H26N2O3. The first-order valence-corrected chi connectivity index (χ1v) is 8.05. The second-order valence-electron chi connectivity index (χ2n) is 5.75. The lowest BCUT2D eigenvalue weighted by molar-refractivity contribution is 0.131. The quantitative estimate of drug-likeness (QED) is 0.793. The first-order valence-electron chi connectivity index (χ1n) is 8.05. The highest BCUT2D eigenvalue weighted by Gasteiger charge is 2.25. The summed E-state index contributed by atoms with van der Waals surface area (Å²) >= 11 is 0. The van der Waals surface area contributed by atoms with Gasteiger partial charge in [0.2, 0.25) is 0 Å². The summed E-state index contributed by atoms with van der Waals surface area (Å²) in [6.45, 7) is 3.87. The number of carbonyl (C=O) groups excluding carboxylic acids is 1. The van der Waals surface area contributed by atoms with Gasteiger partial charge in [0.15, 0.2) is 0 Å². The number of hydrogen-bond acceptors (Lipinski definition) is 3. The fourth-order valence-electron chi connectivity index (χ4n) is 2.78. The van der Waals surface area contributed by atoms with E-state index in [-0.39, 0.29) is 18.7 Å². The summed E-state index contributed by atoms with van der Waals surface area (Å²) in [7, 11) is 0. The van der Waals surface area contributed by atoms with Crippen molar-refractivity contribution in [2.24, 2.45) is 0 Å². The van der Waals surface area contributed by atoms with E-state index in [4.69, 9.17) is 9.84 Å². The van der Waals surface area contributed by atoms with Crippen LogP contribution < -0.4 is 10.1 Å². The number of amides is 2. The monoisotopic (exact) mass is 306 g/mol. The Bertz CT molecular complexity index is 459. The number of nitrogens with zero attached hydrogens (tertiary/aromatic N) is 1. The Hall–Kier alpha value is -1.75. The lowest BCUT2D eigenvalue weighted by Crippen LogP contribution is -2.49. The van der Waals surface area contributed by atoms with Crippen molar-refractivity contribution in [1.82, 2.24) is 10.2 Å². The number of urea groups is 1. The first kappa shape index (κ1) is 16.6. The smallest absolute Gasteiger partial charge is 0.317 e. The molecule has 1 aromatic rings. The van der Waals surface area contributed by atoms with Gasteiger partial charge in [0.25, 0.3) is 0 Å². The number of aliphatic hydroxyl groups excluding tert-OH is 1. The number of rotatable bonds is 6. The summed E-state index contributed by atoms with van der Waals surface area (Å²) < 4.78 is 5.60. The summed E-state index contributed by atoms with van der Waals surface area (Å²) in [6.07, 6.45) is 3.81. The average molecular weight is 306 g/mol. The van der Waals surface area contributed by atoms with Crippen molar-refractivity contribution in [1.29, 1.82) is 0 Å². The minimum atomic E-state index is -0.0503. The Labute approximate surface area is 132 Å². The molecule has 2 rings (SSSR count). The fourth-order valence-corrected chi connectivity index (χ4v) is 2.78. The summed E-state index contributed by atoms with van der Waals surface area (Å²) in [5, 5.41) is 12.0. The van der Waals surface area contributed by atoms with Crippen molar-refractivity contribution in [3.8, 4) is 5.75 Å². The molecule has 0 bridgehead atoms. The fraction of sp³-hybridized carbons (Fsp3) is 0.588. The number of benzene rings is 1. The van der Waals surface area contributed by atoms with Gasteiger partial charge >= 0.3 is 6.03 Å². The molecular weight excluding hydrogens is 280 g/mol. The van der Waals surface area contributed by atoms with Crippen LogP contribution in [0.3, 0.4) is 0 Å². The standard InChI is InChI=1S/C17H26N2O3/c1-14-5-7-16(8-6-14)22-13-10-18-17(21)19-11-3-2-4-15(19)9-12-20/h5-8,15,20H,2-4,9-13H2,1H3,(H,18,21). The van der Waals surface area contributed by atoms with Crippen LogP contribution in [0.15, 0.2) is 24.3 Å². The van der Waals surface area contributed by atoms with Gasteiger partial charge < -0.3 is 20.1 Å². The highest BCUT2D eigenvalue weighted by atomic mass is 16.5. The lowest BCUT2D eigenvalue weighted by Gasteiger charge is -2.35. The third-order valence-electron chi connectivity index (χ3n) is 4.02. The van der Waals surface area contributed by atoms with E-state index in [1.807, 2.05) is 36.1 Å². The zero-order valence-corrected chi connectivity index (χ0v) is 13.3. The zero-order valence-electron chi connectivity index (χ0n) is 13.3. The molecule has 1 atom stereocenters. The number of carbonyl (C=O) groups is 1. The van der Waals surface area contributed by atoms with Gasteiger partial charge in [0.05, 0.1) is 6.54 Å². The largest absolute Gasteiger partial charge is 0.492 e. The number of aryl methyl sites for hydroxylation is 1. The van der Waals surface area contributed by atoms with E-state index >= 15 is 0 Å². The van der Waals surface area contributed by atoms with E-state index in [1.54, 1.807) is 0 Å². The minimum Gasteiger partial charge on any atom is -0.492 e. The van der Waals surface area contributed by atoms with E-state index in [2.05, 4.69) is 5.32 Å². The first-order chi connectivity index (χ1) is 10.7. The molecule has 2 N–H and O–H groups in total. The Kier molecular flexibility index (Phi) is 6.52. The molecule has 5 heteroatoms. The summed E-state index contributed by atoms with van der Waals surface area (Å²) in [4.78, 5) is 14.1. The van der Waals surface area contributed by atoms with E-state index < -0.39 is 0 Å². The molecule has 0 radical (unpaired) electrons. The van der Waals surface area contributed by atoms with E-state index in [0.29, 0.717) is 19.6 Å². The number of nitrogens with one attached hydrogen (secondary N) is 1. The number of piperidine rings is 1. The number of aliphatic hydroxyl groups is 1. The van der Waals surface area contributed by atoms with Crippen LogP contribution in [-0.2, 0) is 0 Å². The molecule has 22 heavy (non-hydrogen) atoms. The Balaban J connectivity index is 1.71. The van der Waals surface area contributed by atoms with E-state index in [9.17, 15) is 4.79 Å². The van der Waals surface area contributed by atoms with Gasteiger partial charge in [0, 0.05) is 19.2 Å². The van der Waals surface area contributed by atoms with Crippen molar-refractivity contribution in [3.63, 3.8) is 0 Å². The number of likely N-dealkylation sites (tertiary alicyclic amines) is 1. The SMILES string of the molecule is Cc1ccc(OCCNC(=O)N2CCCCC2CCO)cc1. The van der Waals surface area contributed by atoms with Crippen LogP contribution in [0, 0.1) is 6.92 Å². The van der Waals surface area contributed by atoms with Crippen LogP contribution in [0.2, 0.25) is 0 Å². The Morgan fingerprint density at radius 2 is 2.14 bits per heavy atom. The van der Waals surface area contributed by atoms with Crippen molar-refractivity contribution >= 4 is 6.03 Å². The topological polar surface area (TPSA) is 61.8 Å². The second-order valence-corrected chi connectivity index (χ2v) is 5.75. The summed E-state index contributed by atoms with van der Waals surface area (Å²) in [5.74, 6) is 0.816. The maximum absolute atomic E-state index is 12.2. The lowest BCUT2D eigenvalue weighted by atomic mass is 10.0. The molecule has 0 spiro atoms. The van der Waals surface area contributed by atoms with Gasteiger partial charge in [-0.2, -0.15) is 0 Å². The molecule has 5 nitrogen and oxygen atoms in total. The molecule has 0 aliphatic carbocycles. The van der Waals surface area contributed by atoms with Crippen LogP contribution in [0.25, 0.3) is 0 Å². The molecule has 0 aromatic heterocycles. The van der Waals surface area contributed by atoms with Crippen molar-refractivity contribution in [3.05, 3.63) is 29.8 Å². The Morgan fingerprint density at radius 1 is 1.36 bits per heavy atom. The third-order valence-corrected chi connectivity index (χ3v) is 4.02. The van der Waals surface area contributed by atoms with Gasteiger partial charge in [0.1, 0.15) is 12.4 Å². The molecule has 1 heterocycles. The molecule has 1 unspecified atom stereocenters. The van der Waals surface area contributed by atoms with Crippen LogP contribution in [0.5, 0.6) is 5.75 Å². The highest BCUT2D eigenvalue weighted by Crippen LogP contribution is 2.19. The van der Waals surface area contributed by atoms with Crippen LogP contribution in [0.1, 0.15) is 31.2 Å². The highest BCUT2D eigenvalue weighted by molar-refractivity contribution is 5.74. The molecule has 1 saturated heterocycles. The van der Waals surface area contributed by atoms with Crippen LogP contribution in [0.4, 0.5) is 4.79 Å². The second kappa shape index (κ2) is 8.63. The van der Waals surface area contributed by atoms with Gasteiger partial charge in [-0.15, -0.1) is 0 Å². The average Bonchev–Trinajstić information content (AvgIpc) is 2.54. The molecule has 1 aromatic carbocycles. The maximum Gasteiger partial charge on any atom is 0.317 e. The number of hydrogen-bond donors (Lipinski definition) is 2. The third kappa shape index (κ3) is 4.91. The normalized spacial score (nSPS) is 18.1.